The van der Waals surface area contributed by atoms with Crippen LogP contribution < -0.4 is 0 Å². The van der Waals surface area contributed by atoms with Gasteiger partial charge in [0.05, 0.1) is 0 Å². The van der Waals surface area contributed by atoms with Crippen LogP contribution in [0.15, 0.2) is 12.2 Å². The summed E-state index contributed by atoms with van der Waals surface area (Å²) in [5.41, 5.74) is 1.09. The summed E-state index contributed by atoms with van der Waals surface area (Å²) in [7, 11) is 0. The van der Waals surface area contributed by atoms with E-state index in [1.807, 2.05) is 0 Å². The molecule has 3 saturated carbocycles. The van der Waals surface area contributed by atoms with Crippen LogP contribution >= 0.6 is 0 Å². The fourth-order valence-electron chi connectivity index (χ4n) is 5.39. The zero-order chi connectivity index (χ0) is 12.2. The first-order valence-corrected chi connectivity index (χ1v) is 6.73. The lowest BCUT2D eigenvalue weighted by Gasteiger charge is -2.34. The molecular weight excluding hydrogens is 212 g/mol. The molecule has 0 amide bonds. The highest BCUT2D eigenvalue weighted by Crippen LogP contribution is 2.76. The summed E-state index contributed by atoms with van der Waals surface area (Å²) >= 11 is 0. The summed E-state index contributed by atoms with van der Waals surface area (Å²) in [6.45, 7) is 11.1. The first-order valence-electron chi connectivity index (χ1n) is 6.73. The van der Waals surface area contributed by atoms with Crippen LogP contribution in [0.25, 0.3) is 0 Å². The van der Waals surface area contributed by atoms with Crippen LogP contribution in [0.1, 0.15) is 40.0 Å². The van der Waals surface area contributed by atoms with Gasteiger partial charge < -0.3 is 4.74 Å². The van der Waals surface area contributed by atoms with Gasteiger partial charge in [0, 0.05) is 11.0 Å². The van der Waals surface area contributed by atoms with E-state index in [-0.39, 0.29) is 22.9 Å². The summed E-state index contributed by atoms with van der Waals surface area (Å²) in [4.78, 5) is 12.1. The van der Waals surface area contributed by atoms with Gasteiger partial charge in [0.1, 0.15) is 5.60 Å². The number of hydrogen-bond donors (Lipinski definition) is 0. The van der Waals surface area contributed by atoms with Gasteiger partial charge in [-0.15, -0.1) is 0 Å². The molecule has 0 N–H and O–H groups in total. The van der Waals surface area contributed by atoms with Gasteiger partial charge in [0.2, 0.25) is 0 Å². The molecule has 3 aliphatic carbocycles. The van der Waals surface area contributed by atoms with Crippen LogP contribution in [-0.2, 0) is 9.53 Å². The van der Waals surface area contributed by atoms with E-state index < -0.39 is 0 Å². The minimum atomic E-state index is -0.132. The molecule has 2 nitrogen and oxygen atoms in total. The molecule has 1 saturated heterocycles. The van der Waals surface area contributed by atoms with E-state index >= 15 is 0 Å². The summed E-state index contributed by atoms with van der Waals surface area (Å²) < 4.78 is 5.84. The van der Waals surface area contributed by atoms with Crippen molar-refractivity contribution >= 4 is 5.78 Å². The number of hydrogen-bond acceptors (Lipinski definition) is 2. The first-order chi connectivity index (χ1) is 7.82. The highest BCUT2D eigenvalue weighted by Gasteiger charge is 2.83. The number of epoxide rings is 1. The number of carbonyl (C=O) groups is 1. The van der Waals surface area contributed by atoms with E-state index in [4.69, 9.17) is 4.74 Å². The van der Waals surface area contributed by atoms with Gasteiger partial charge in [-0.1, -0.05) is 27.4 Å². The SMILES string of the molecule is C=C1C(=O)[C@H]2O[C@]23C[C@H]2CC(C)(C)C[C@H]2[C@]13C. The van der Waals surface area contributed by atoms with E-state index in [2.05, 4.69) is 27.4 Å². The molecule has 92 valence electrons. The number of ketones is 1. The third-order valence-corrected chi connectivity index (χ3v) is 6.20. The van der Waals surface area contributed by atoms with E-state index in [0.29, 0.717) is 11.3 Å². The van der Waals surface area contributed by atoms with Gasteiger partial charge in [-0.05, 0) is 36.5 Å². The van der Waals surface area contributed by atoms with Gasteiger partial charge in [-0.2, -0.15) is 0 Å². The molecule has 0 radical (unpaired) electrons. The Morgan fingerprint density at radius 3 is 2.65 bits per heavy atom. The lowest BCUT2D eigenvalue weighted by Crippen LogP contribution is -2.35. The van der Waals surface area contributed by atoms with E-state index in [1.54, 1.807) is 0 Å². The molecule has 1 aliphatic heterocycles. The minimum Gasteiger partial charge on any atom is -0.356 e. The standard InChI is InChI=1S/C15H20O2/c1-8-11(16)12-15(17-12)6-9-5-13(2,3)7-10(9)14(8,15)4/h9-10,12H,1,5-7H2,2-4H3/t9-,10-,12-,14+,15-/m1/s1. The highest BCUT2D eigenvalue weighted by molar-refractivity contribution is 6.07. The first kappa shape index (κ1) is 10.3. The second-order valence-electron chi connectivity index (χ2n) is 7.58. The number of ether oxygens (including phenoxy) is 1. The zero-order valence-corrected chi connectivity index (χ0v) is 10.9. The van der Waals surface area contributed by atoms with Crippen molar-refractivity contribution in [2.24, 2.45) is 22.7 Å². The maximum atomic E-state index is 12.1. The third-order valence-electron chi connectivity index (χ3n) is 6.20. The lowest BCUT2D eigenvalue weighted by molar-refractivity contribution is -0.117. The molecule has 0 aromatic rings. The largest absolute Gasteiger partial charge is 0.356 e. The Morgan fingerprint density at radius 1 is 1.24 bits per heavy atom. The molecule has 0 aromatic heterocycles. The normalized spacial score (nSPS) is 57.9. The summed E-state index contributed by atoms with van der Waals surface area (Å²) in [5, 5.41) is 0. The average molecular weight is 232 g/mol. The molecule has 4 rings (SSSR count). The third kappa shape index (κ3) is 0.865. The van der Waals surface area contributed by atoms with E-state index in [0.717, 1.165) is 17.9 Å². The Balaban J connectivity index is 1.82. The molecule has 1 heterocycles. The van der Waals surface area contributed by atoms with Crippen molar-refractivity contribution < 1.29 is 9.53 Å². The van der Waals surface area contributed by atoms with Gasteiger partial charge in [0.15, 0.2) is 11.9 Å². The highest BCUT2D eigenvalue weighted by atomic mass is 16.6. The quantitative estimate of drug-likeness (QED) is 0.475. The molecular formula is C15H20O2. The smallest absolute Gasteiger partial charge is 0.190 e. The van der Waals surface area contributed by atoms with Crippen LogP contribution in [0.3, 0.4) is 0 Å². The molecule has 4 aliphatic rings. The molecule has 1 spiro atoms. The minimum absolute atomic E-state index is 0.0623. The fraction of sp³-hybridized carbons (Fsp3) is 0.800. The van der Waals surface area contributed by atoms with Crippen molar-refractivity contribution in [2.75, 3.05) is 0 Å². The van der Waals surface area contributed by atoms with Gasteiger partial charge in [-0.25, -0.2) is 0 Å². The summed E-state index contributed by atoms with van der Waals surface area (Å²) in [6, 6.07) is 0. The van der Waals surface area contributed by atoms with Crippen molar-refractivity contribution in [1.29, 1.82) is 0 Å². The Kier molecular flexibility index (Phi) is 1.45. The van der Waals surface area contributed by atoms with Crippen LogP contribution in [0.4, 0.5) is 0 Å². The maximum Gasteiger partial charge on any atom is 0.190 e. The van der Waals surface area contributed by atoms with Crippen LogP contribution in [0.5, 0.6) is 0 Å². The second kappa shape index (κ2) is 2.40. The van der Waals surface area contributed by atoms with Crippen LogP contribution in [0.2, 0.25) is 0 Å². The van der Waals surface area contributed by atoms with Gasteiger partial charge >= 0.3 is 0 Å². The lowest BCUT2D eigenvalue weighted by atomic mass is 9.69. The van der Waals surface area contributed by atoms with Crippen molar-refractivity contribution in [3.8, 4) is 0 Å². The molecule has 17 heavy (non-hydrogen) atoms. The molecule has 0 bridgehead atoms. The van der Waals surface area contributed by atoms with E-state index in [9.17, 15) is 4.79 Å². The van der Waals surface area contributed by atoms with Crippen molar-refractivity contribution in [3.63, 3.8) is 0 Å². The molecule has 2 heteroatoms. The molecule has 0 aromatic carbocycles. The predicted octanol–water partition coefficient (Wildman–Crippen LogP) is 2.73. The van der Waals surface area contributed by atoms with Gasteiger partial charge in [-0.3, -0.25) is 4.79 Å². The molecule has 0 unspecified atom stereocenters. The Labute approximate surface area is 102 Å². The van der Waals surface area contributed by atoms with Crippen LogP contribution in [-0.4, -0.2) is 17.5 Å². The van der Waals surface area contributed by atoms with E-state index in [1.165, 1.54) is 12.8 Å². The Morgan fingerprint density at radius 2 is 1.94 bits per heavy atom. The second-order valence-corrected chi connectivity index (χ2v) is 7.58. The Hall–Kier alpha value is -0.630. The van der Waals surface area contributed by atoms with Crippen LogP contribution in [0, 0.1) is 22.7 Å². The topological polar surface area (TPSA) is 29.6 Å². The maximum absolute atomic E-state index is 12.1. The number of carbonyl (C=O) groups excluding carboxylic acids is 1. The van der Waals surface area contributed by atoms with Gasteiger partial charge in [0.25, 0.3) is 0 Å². The monoisotopic (exact) mass is 232 g/mol. The molecule has 5 atom stereocenters. The predicted molar refractivity (Wildman–Crippen MR) is 64.5 cm³/mol. The van der Waals surface area contributed by atoms with Crippen molar-refractivity contribution in [3.05, 3.63) is 12.2 Å². The van der Waals surface area contributed by atoms with Crippen molar-refractivity contribution in [2.45, 2.75) is 51.7 Å². The van der Waals surface area contributed by atoms with Crippen molar-refractivity contribution in [1.82, 2.24) is 0 Å². The fourth-order valence-corrected chi connectivity index (χ4v) is 5.39. The molecule has 4 fully saturated rings. The summed E-state index contributed by atoms with van der Waals surface area (Å²) in [5.74, 6) is 1.54. The number of fused-ring (bicyclic) bond motifs is 2. The number of rotatable bonds is 0. The summed E-state index contributed by atoms with van der Waals surface area (Å²) in [6.07, 6.45) is 3.46. The number of Topliss-reactive ketones (excluding diaryl/α,β-unsaturated/α-hetero) is 1. The average Bonchev–Trinajstić information content (AvgIpc) is 2.77. The Bertz CT molecular complexity index is 464. The zero-order valence-electron chi connectivity index (χ0n) is 10.9.